The summed E-state index contributed by atoms with van der Waals surface area (Å²) in [5, 5.41) is 3.68. The number of rotatable bonds is 4. The number of hydrogen-bond donors (Lipinski definition) is 1. The molecule has 0 aromatic rings. The van der Waals surface area contributed by atoms with E-state index in [9.17, 15) is 0 Å². The molecule has 1 unspecified atom stereocenters. The smallest absolute Gasteiger partial charge is 0.0557 e. The molecule has 1 aliphatic heterocycles. The van der Waals surface area contributed by atoms with Crippen molar-refractivity contribution in [3.63, 3.8) is 0 Å². The first-order valence-electron chi connectivity index (χ1n) is 6.42. The first-order valence-corrected chi connectivity index (χ1v) is 6.42. The van der Waals surface area contributed by atoms with Crippen molar-refractivity contribution in [3.05, 3.63) is 47.2 Å². The minimum absolute atomic E-state index is 0.0988. The second-order valence-corrected chi connectivity index (χ2v) is 5.15. The molecule has 1 heteroatoms. The van der Waals surface area contributed by atoms with E-state index in [1.165, 1.54) is 28.8 Å². The minimum atomic E-state index is 0.0988. The second kappa shape index (κ2) is 5.39. The van der Waals surface area contributed by atoms with Gasteiger partial charge in [0.05, 0.1) is 5.54 Å². The van der Waals surface area contributed by atoms with Gasteiger partial charge < -0.3 is 5.32 Å². The molecule has 94 valence electrons. The Kier molecular flexibility index (Phi) is 4.39. The molecule has 1 nitrogen and oxygen atoms in total. The van der Waals surface area contributed by atoms with Crippen LogP contribution in [-0.4, -0.2) is 5.54 Å². The van der Waals surface area contributed by atoms with Crippen LogP contribution in [0.1, 0.15) is 47.5 Å². The van der Waals surface area contributed by atoms with Crippen LogP contribution in [-0.2, 0) is 0 Å². The molecule has 1 N–H and O–H groups in total. The van der Waals surface area contributed by atoms with Crippen LogP contribution in [0, 0.1) is 0 Å². The van der Waals surface area contributed by atoms with Crippen LogP contribution in [0.15, 0.2) is 47.2 Å². The first kappa shape index (κ1) is 13.8. The number of allylic oxidation sites excluding steroid dienone is 5. The fourth-order valence-corrected chi connectivity index (χ4v) is 2.17. The van der Waals surface area contributed by atoms with Crippen molar-refractivity contribution in [1.29, 1.82) is 0 Å². The predicted octanol–water partition coefficient (Wildman–Crippen LogP) is 4.50. The summed E-state index contributed by atoms with van der Waals surface area (Å²) in [6.07, 6.45) is 8.68. The van der Waals surface area contributed by atoms with Crippen LogP contribution in [0.5, 0.6) is 0 Å². The van der Waals surface area contributed by atoms with Crippen molar-refractivity contribution in [1.82, 2.24) is 5.32 Å². The maximum absolute atomic E-state index is 3.84. The maximum atomic E-state index is 3.84. The summed E-state index contributed by atoms with van der Waals surface area (Å²) < 4.78 is 0. The summed E-state index contributed by atoms with van der Waals surface area (Å²) in [4.78, 5) is 0. The molecule has 0 amide bonds. The lowest BCUT2D eigenvalue weighted by atomic mass is 9.84. The van der Waals surface area contributed by atoms with Gasteiger partial charge in [-0.05, 0) is 56.9 Å². The average Bonchev–Trinajstić information content (AvgIpc) is 2.31. The minimum Gasteiger partial charge on any atom is -0.376 e. The predicted molar refractivity (Wildman–Crippen MR) is 76.9 cm³/mol. The standard InChI is InChI=1S/C16H25N/c1-7-11-16(6)13(4)9-10-15(17-16)14(5)12(3)8-2/h8-10,17H,2,7,11H2,1,3-6H3/b14-12+. The van der Waals surface area contributed by atoms with Gasteiger partial charge in [0.25, 0.3) is 0 Å². The van der Waals surface area contributed by atoms with Crippen molar-refractivity contribution in [2.45, 2.75) is 53.0 Å². The number of hydrogen-bond acceptors (Lipinski definition) is 1. The molecule has 0 bridgehead atoms. The Morgan fingerprint density at radius 2 is 2.06 bits per heavy atom. The molecule has 0 saturated heterocycles. The van der Waals surface area contributed by atoms with E-state index in [4.69, 9.17) is 0 Å². The van der Waals surface area contributed by atoms with Gasteiger partial charge in [0.1, 0.15) is 0 Å². The van der Waals surface area contributed by atoms with E-state index in [0.717, 1.165) is 6.42 Å². The van der Waals surface area contributed by atoms with Crippen LogP contribution in [0.4, 0.5) is 0 Å². The third kappa shape index (κ3) is 2.91. The van der Waals surface area contributed by atoms with Crippen molar-refractivity contribution >= 4 is 0 Å². The third-order valence-electron chi connectivity index (χ3n) is 3.83. The molecule has 1 aliphatic rings. The zero-order chi connectivity index (χ0) is 13.1. The topological polar surface area (TPSA) is 12.0 Å². The Morgan fingerprint density at radius 1 is 1.41 bits per heavy atom. The van der Waals surface area contributed by atoms with Crippen molar-refractivity contribution in [2.75, 3.05) is 0 Å². The van der Waals surface area contributed by atoms with Crippen LogP contribution in [0.3, 0.4) is 0 Å². The van der Waals surface area contributed by atoms with E-state index in [2.05, 4.69) is 58.7 Å². The van der Waals surface area contributed by atoms with Gasteiger partial charge in [-0.1, -0.05) is 32.1 Å². The van der Waals surface area contributed by atoms with Gasteiger partial charge in [-0.15, -0.1) is 0 Å². The lowest BCUT2D eigenvalue weighted by molar-refractivity contribution is 0.414. The summed E-state index contributed by atoms with van der Waals surface area (Å²) in [6.45, 7) is 14.8. The molecule has 17 heavy (non-hydrogen) atoms. The van der Waals surface area contributed by atoms with Crippen molar-refractivity contribution in [2.24, 2.45) is 0 Å². The van der Waals surface area contributed by atoms with E-state index >= 15 is 0 Å². The highest BCUT2D eigenvalue weighted by molar-refractivity contribution is 5.43. The summed E-state index contributed by atoms with van der Waals surface area (Å²) >= 11 is 0. The van der Waals surface area contributed by atoms with Gasteiger partial charge >= 0.3 is 0 Å². The second-order valence-electron chi connectivity index (χ2n) is 5.15. The molecule has 1 heterocycles. The highest BCUT2D eigenvalue weighted by Crippen LogP contribution is 2.29. The lowest BCUT2D eigenvalue weighted by Gasteiger charge is -2.37. The molecule has 0 radical (unpaired) electrons. The van der Waals surface area contributed by atoms with E-state index in [1.54, 1.807) is 0 Å². The van der Waals surface area contributed by atoms with Gasteiger partial charge in [0.15, 0.2) is 0 Å². The van der Waals surface area contributed by atoms with Gasteiger partial charge in [-0.3, -0.25) is 0 Å². The van der Waals surface area contributed by atoms with Gasteiger partial charge in [0.2, 0.25) is 0 Å². The van der Waals surface area contributed by atoms with Crippen molar-refractivity contribution in [3.8, 4) is 0 Å². The molecule has 0 saturated carbocycles. The summed E-state index contributed by atoms with van der Waals surface area (Å²) in [6, 6.07) is 0. The van der Waals surface area contributed by atoms with E-state index in [-0.39, 0.29) is 5.54 Å². The van der Waals surface area contributed by atoms with E-state index in [1.807, 2.05) is 6.08 Å². The Bertz CT molecular complexity index is 396. The molecule has 0 aromatic carbocycles. The fourth-order valence-electron chi connectivity index (χ4n) is 2.17. The SMILES string of the molecule is C=C/C(C)=C(\C)C1=CC=C(C)C(C)(CCC)N1. The Labute approximate surface area is 106 Å². The first-order chi connectivity index (χ1) is 7.94. The summed E-state index contributed by atoms with van der Waals surface area (Å²) in [5.41, 5.74) is 5.25. The van der Waals surface area contributed by atoms with Crippen LogP contribution >= 0.6 is 0 Å². The molecule has 0 fully saturated rings. The van der Waals surface area contributed by atoms with E-state index < -0.39 is 0 Å². The zero-order valence-corrected chi connectivity index (χ0v) is 11.9. The highest BCUT2D eigenvalue weighted by Gasteiger charge is 2.28. The molecular formula is C16H25N. The molecule has 1 atom stereocenters. The summed E-state index contributed by atoms with van der Waals surface area (Å²) in [5.74, 6) is 0. The largest absolute Gasteiger partial charge is 0.376 e. The number of dihydropyridines is 1. The molecule has 0 aliphatic carbocycles. The van der Waals surface area contributed by atoms with Gasteiger partial charge in [-0.25, -0.2) is 0 Å². The number of nitrogens with one attached hydrogen (secondary N) is 1. The molecule has 0 aromatic heterocycles. The Morgan fingerprint density at radius 3 is 2.59 bits per heavy atom. The van der Waals surface area contributed by atoms with Gasteiger partial charge in [-0.2, -0.15) is 0 Å². The lowest BCUT2D eigenvalue weighted by Crippen LogP contribution is -2.44. The fraction of sp³-hybridized carbons (Fsp3) is 0.500. The molecule has 0 spiro atoms. The highest BCUT2D eigenvalue weighted by atomic mass is 15.0. The quantitative estimate of drug-likeness (QED) is 0.702. The van der Waals surface area contributed by atoms with Crippen LogP contribution in [0.25, 0.3) is 0 Å². The Hall–Kier alpha value is -1.24. The summed E-state index contributed by atoms with van der Waals surface area (Å²) in [7, 11) is 0. The Balaban J connectivity index is 3.05. The van der Waals surface area contributed by atoms with Crippen molar-refractivity contribution < 1.29 is 0 Å². The maximum Gasteiger partial charge on any atom is 0.0557 e. The zero-order valence-electron chi connectivity index (χ0n) is 11.9. The monoisotopic (exact) mass is 231 g/mol. The van der Waals surface area contributed by atoms with Gasteiger partial charge in [0, 0.05) is 5.70 Å². The van der Waals surface area contributed by atoms with Crippen LogP contribution < -0.4 is 5.32 Å². The van der Waals surface area contributed by atoms with E-state index in [0.29, 0.717) is 0 Å². The third-order valence-corrected chi connectivity index (χ3v) is 3.83. The molecular weight excluding hydrogens is 206 g/mol. The molecule has 1 rings (SSSR count). The van der Waals surface area contributed by atoms with Crippen LogP contribution in [0.2, 0.25) is 0 Å². The normalized spacial score (nSPS) is 25.5. The average molecular weight is 231 g/mol.